The summed E-state index contributed by atoms with van der Waals surface area (Å²) in [6, 6.07) is 5.51. The summed E-state index contributed by atoms with van der Waals surface area (Å²) in [7, 11) is 2.05. The van der Waals surface area contributed by atoms with Gasteiger partial charge in [0.25, 0.3) is 11.8 Å². The lowest BCUT2D eigenvalue weighted by Gasteiger charge is -2.32. The fourth-order valence-electron chi connectivity index (χ4n) is 3.61. The molecule has 4 rings (SSSR count). The molecule has 4 heterocycles. The minimum absolute atomic E-state index is 0.0617. The molecule has 8 heteroatoms. The number of piperazine rings is 1. The Labute approximate surface area is 158 Å². The van der Waals surface area contributed by atoms with Crippen LogP contribution in [0.5, 0.6) is 0 Å². The topological polar surface area (TPSA) is 79.2 Å². The van der Waals surface area contributed by atoms with Crippen molar-refractivity contribution in [2.24, 2.45) is 0 Å². The number of hydrogen-bond acceptors (Lipinski definition) is 5. The van der Waals surface area contributed by atoms with Crippen LogP contribution in [-0.2, 0) is 4.74 Å². The summed E-state index contributed by atoms with van der Waals surface area (Å²) >= 11 is 0. The van der Waals surface area contributed by atoms with E-state index in [4.69, 9.17) is 4.74 Å². The van der Waals surface area contributed by atoms with E-state index in [0.717, 1.165) is 32.5 Å². The minimum atomic E-state index is -0.288. The van der Waals surface area contributed by atoms with Crippen molar-refractivity contribution in [1.82, 2.24) is 24.5 Å². The number of pyridine rings is 1. The molecule has 0 spiro atoms. The Balaban J connectivity index is 1.56. The lowest BCUT2D eigenvalue weighted by molar-refractivity contribution is 0.0660. The van der Waals surface area contributed by atoms with Crippen molar-refractivity contribution in [2.75, 3.05) is 46.4 Å². The predicted octanol–water partition coefficient (Wildman–Crippen LogP) is 0.631. The first-order valence-electron chi connectivity index (χ1n) is 9.48. The van der Waals surface area contributed by atoms with E-state index in [2.05, 4.69) is 15.2 Å². The number of ether oxygens (including phenoxy) is 1. The molecule has 2 aliphatic rings. The average molecular weight is 371 g/mol. The van der Waals surface area contributed by atoms with E-state index in [1.54, 1.807) is 10.6 Å². The highest BCUT2D eigenvalue weighted by molar-refractivity contribution is 6.02. The van der Waals surface area contributed by atoms with Gasteiger partial charge in [0.2, 0.25) is 5.82 Å². The molecule has 2 saturated heterocycles. The molecule has 0 aromatic carbocycles. The number of nitrogens with one attached hydrogen (secondary N) is 1. The van der Waals surface area contributed by atoms with Gasteiger partial charge in [-0.25, -0.2) is 4.98 Å². The normalized spacial score (nSPS) is 20.9. The molecule has 0 saturated carbocycles. The molecule has 8 nitrogen and oxygen atoms in total. The smallest absolute Gasteiger partial charge is 0.287 e. The fourth-order valence-corrected chi connectivity index (χ4v) is 3.61. The van der Waals surface area contributed by atoms with Crippen LogP contribution >= 0.6 is 0 Å². The molecule has 27 heavy (non-hydrogen) atoms. The monoisotopic (exact) mass is 371 g/mol. The summed E-state index contributed by atoms with van der Waals surface area (Å²) in [6.45, 7) is 4.22. The van der Waals surface area contributed by atoms with Gasteiger partial charge in [0.15, 0.2) is 5.69 Å². The number of imidazole rings is 1. The summed E-state index contributed by atoms with van der Waals surface area (Å²) < 4.78 is 7.24. The van der Waals surface area contributed by atoms with Crippen molar-refractivity contribution in [3.05, 3.63) is 35.9 Å². The maximum absolute atomic E-state index is 13.0. The molecule has 1 unspecified atom stereocenters. The zero-order valence-electron chi connectivity index (χ0n) is 15.6. The lowest BCUT2D eigenvalue weighted by Crippen LogP contribution is -2.47. The quantitative estimate of drug-likeness (QED) is 0.853. The number of hydrogen-bond donors (Lipinski definition) is 1. The van der Waals surface area contributed by atoms with Crippen molar-refractivity contribution < 1.29 is 14.3 Å². The first kappa shape index (κ1) is 17.9. The fraction of sp³-hybridized carbons (Fsp3) is 0.526. The summed E-state index contributed by atoms with van der Waals surface area (Å²) in [5.41, 5.74) is 0.992. The van der Waals surface area contributed by atoms with Crippen LogP contribution < -0.4 is 5.32 Å². The number of likely N-dealkylation sites (N-methyl/N-ethyl adjacent to an activating group) is 1. The molecule has 2 fully saturated rings. The van der Waals surface area contributed by atoms with Gasteiger partial charge in [-0.3, -0.25) is 14.0 Å². The molecule has 2 amide bonds. The lowest BCUT2D eigenvalue weighted by atomic mass is 10.2. The second-order valence-electron chi connectivity index (χ2n) is 7.18. The van der Waals surface area contributed by atoms with Crippen LogP contribution in [0.3, 0.4) is 0 Å². The molecule has 2 aromatic rings. The Morgan fingerprint density at radius 2 is 2.07 bits per heavy atom. The second kappa shape index (κ2) is 7.66. The maximum Gasteiger partial charge on any atom is 0.287 e. The molecule has 0 bridgehead atoms. The maximum atomic E-state index is 13.0. The molecular formula is C19H25N5O3. The van der Waals surface area contributed by atoms with Crippen LogP contribution in [-0.4, -0.2) is 83.5 Å². The van der Waals surface area contributed by atoms with Gasteiger partial charge in [0.05, 0.1) is 11.6 Å². The van der Waals surface area contributed by atoms with Gasteiger partial charge in [0.1, 0.15) is 0 Å². The third kappa shape index (κ3) is 3.68. The molecule has 144 valence electrons. The third-order valence-corrected chi connectivity index (χ3v) is 5.26. The third-order valence-electron chi connectivity index (χ3n) is 5.26. The molecule has 0 aliphatic carbocycles. The van der Waals surface area contributed by atoms with Gasteiger partial charge in [0, 0.05) is 45.5 Å². The number of rotatable bonds is 4. The average Bonchev–Trinajstić information content (AvgIpc) is 3.34. The standard InChI is InChI=1S/C19H25N5O3/c1-22-8-10-23(11-9-22)19(26)16-15-6-2-3-7-24(15)17(21-16)18(25)20-13-14-5-4-12-27-14/h2-3,6-7,14H,4-5,8-13H2,1H3,(H,20,25). The first-order valence-corrected chi connectivity index (χ1v) is 9.48. The number of fused-ring (bicyclic) bond motifs is 1. The van der Waals surface area contributed by atoms with Gasteiger partial charge in [-0.1, -0.05) is 6.07 Å². The first-order chi connectivity index (χ1) is 13.1. The summed E-state index contributed by atoms with van der Waals surface area (Å²) in [4.78, 5) is 34.1. The zero-order chi connectivity index (χ0) is 18.8. The summed E-state index contributed by atoms with van der Waals surface area (Å²) in [5.74, 6) is -0.171. The van der Waals surface area contributed by atoms with Crippen molar-refractivity contribution in [2.45, 2.75) is 18.9 Å². The van der Waals surface area contributed by atoms with Gasteiger partial charge < -0.3 is 19.9 Å². The van der Waals surface area contributed by atoms with E-state index in [1.165, 1.54) is 0 Å². The van der Waals surface area contributed by atoms with Gasteiger partial charge in [-0.05, 0) is 32.0 Å². The molecule has 0 radical (unpaired) electrons. The Bertz CT molecular complexity index is 835. The predicted molar refractivity (Wildman–Crippen MR) is 99.9 cm³/mol. The van der Waals surface area contributed by atoms with Crippen LogP contribution in [0, 0.1) is 0 Å². The highest BCUT2D eigenvalue weighted by Gasteiger charge is 2.27. The van der Waals surface area contributed by atoms with E-state index >= 15 is 0 Å². The van der Waals surface area contributed by atoms with Crippen LogP contribution in [0.25, 0.3) is 5.52 Å². The number of aromatic nitrogens is 2. The Morgan fingerprint density at radius 1 is 1.26 bits per heavy atom. The van der Waals surface area contributed by atoms with Crippen LogP contribution in [0.1, 0.15) is 33.9 Å². The van der Waals surface area contributed by atoms with Crippen LogP contribution in [0.15, 0.2) is 24.4 Å². The van der Waals surface area contributed by atoms with Crippen LogP contribution in [0.4, 0.5) is 0 Å². The van der Waals surface area contributed by atoms with Crippen molar-refractivity contribution in [3.63, 3.8) is 0 Å². The number of amides is 2. The molecule has 2 aliphatic heterocycles. The van der Waals surface area contributed by atoms with E-state index in [0.29, 0.717) is 30.8 Å². The number of carbonyl (C=O) groups is 2. The minimum Gasteiger partial charge on any atom is -0.376 e. The molecular weight excluding hydrogens is 346 g/mol. The molecule has 1 N–H and O–H groups in total. The highest BCUT2D eigenvalue weighted by Crippen LogP contribution is 2.17. The number of carbonyl (C=O) groups excluding carboxylic acids is 2. The zero-order valence-corrected chi connectivity index (χ0v) is 15.6. The van der Waals surface area contributed by atoms with E-state index in [1.807, 2.05) is 30.1 Å². The Kier molecular flexibility index (Phi) is 5.09. The Morgan fingerprint density at radius 3 is 2.81 bits per heavy atom. The summed E-state index contributed by atoms with van der Waals surface area (Å²) in [5, 5.41) is 2.89. The van der Waals surface area contributed by atoms with Crippen LogP contribution in [0.2, 0.25) is 0 Å². The van der Waals surface area contributed by atoms with Gasteiger partial charge >= 0.3 is 0 Å². The SMILES string of the molecule is CN1CCN(C(=O)c2nc(C(=O)NCC3CCCO3)n3ccccc23)CC1. The summed E-state index contributed by atoms with van der Waals surface area (Å²) in [6.07, 6.45) is 3.81. The Hall–Kier alpha value is -2.45. The largest absolute Gasteiger partial charge is 0.376 e. The second-order valence-corrected chi connectivity index (χ2v) is 7.18. The van der Waals surface area contributed by atoms with E-state index in [-0.39, 0.29) is 23.7 Å². The van der Waals surface area contributed by atoms with E-state index < -0.39 is 0 Å². The molecule has 1 atom stereocenters. The van der Waals surface area contributed by atoms with Crippen molar-refractivity contribution >= 4 is 17.3 Å². The number of nitrogens with zero attached hydrogens (tertiary/aromatic N) is 4. The highest BCUT2D eigenvalue weighted by atomic mass is 16.5. The van der Waals surface area contributed by atoms with Crippen molar-refractivity contribution in [1.29, 1.82) is 0 Å². The van der Waals surface area contributed by atoms with Gasteiger partial charge in [-0.15, -0.1) is 0 Å². The molecule has 2 aromatic heterocycles. The van der Waals surface area contributed by atoms with Gasteiger partial charge in [-0.2, -0.15) is 0 Å². The van der Waals surface area contributed by atoms with E-state index in [9.17, 15) is 9.59 Å². The van der Waals surface area contributed by atoms with Crippen molar-refractivity contribution in [3.8, 4) is 0 Å².